The summed E-state index contributed by atoms with van der Waals surface area (Å²) in [5, 5.41) is 9.46. The van der Waals surface area contributed by atoms with Crippen molar-refractivity contribution in [3.8, 4) is 0 Å². The molecule has 25 heavy (non-hydrogen) atoms. The van der Waals surface area contributed by atoms with Gasteiger partial charge in [0.2, 0.25) is 0 Å². The van der Waals surface area contributed by atoms with Crippen LogP contribution >= 0.6 is 0 Å². The van der Waals surface area contributed by atoms with Gasteiger partial charge in [0, 0.05) is 5.92 Å². The second-order valence-corrected chi connectivity index (χ2v) is 8.22. The highest BCUT2D eigenvalue weighted by atomic mass is 16.5. The molecule has 0 aromatic carbocycles. The summed E-state index contributed by atoms with van der Waals surface area (Å²) < 4.78 is 6.20. The molecule has 1 N–H and O–H groups in total. The topological polar surface area (TPSA) is 46.5 Å². The zero-order valence-electron chi connectivity index (χ0n) is 16.8. The average molecular weight is 353 g/mol. The van der Waals surface area contributed by atoms with Gasteiger partial charge in [-0.2, -0.15) is 0 Å². The van der Waals surface area contributed by atoms with E-state index in [9.17, 15) is 9.90 Å². The highest BCUT2D eigenvalue weighted by Crippen LogP contribution is 2.36. The first-order valence-corrected chi connectivity index (χ1v) is 10.5. The van der Waals surface area contributed by atoms with E-state index in [1.807, 2.05) is 0 Å². The van der Waals surface area contributed by atoms with E-state index >= 15 is 0 Å². The van der Waals surface area contributed by atoms with Crippen LogP contribution in [-0.2, 0) is 9.53 Å². The summed E-state index contributed by atoms with van der Waals surface area (Å²) in [5.41, 5.74) is 0. The number of carboxylic acid groups (broad SMARTS) is 1. The SMILES string of the molecule is C=C(OC(CCC)CCCCCCC(C)C)C1CCCCC1C(=O)O. The highest BCUT2D eigenvalue weighted by Gasteiger charge is 2.34. The van der Waals surface area contributed by atoms with Crippen LogP contribution in [0, 0.1) is 17.8 Å². The lowest BCUT2D eigenvalue weighted by Gasteiger charge is -2.32. The van der Waals surface area contributed by atoms with Gasteiger partial charge in [0.25, 0.3) is 0 Å². The van der Waals surface area contributed by atoms with Crippen molar-refractivity contribution in [2.75, 3.05) is 0 Å². The summed E-state index contributed by atoms with van der Waals surface area (Å²) in [6.45, 7) is 10.9. The van der Waals surface area contributed by atoms with Gasteiger partial charge in [-0.3, -0.25) is 4.79 Å². The molecule has 3 atom stereocenters. The van der Waals surface area contributed by atoms with E-state index in [4.69, 9.17) is 4.74 Å². The molecule has 1 aliphatic rings. The van der Waals surface area contributed by atoms with E-state index in [1.54, 1.807) is 0 Å². The van der Waals surface area contributed by atoms with Crippen LogP contribution in [-0.4, -0.2) is 17.2 Å². The Balaban J connectivity index is 2.39. The average Bonchev–Trinajstić information content (AvgIpc) is 2.57. The first-order valence-electron chi connectivity index (χ1n) is 10.5. The molecule has 1 rings (SSSR count). The molecule has 0 radical (unpaired) electrons. The summed E-state index contributed by atoms with van der Waals surface area (Å²) in [4.78, 5) is 11.5. The smallest absolute Gasteiger partial charge is 0.307 e. The molecule has 3 nitrogen and oxygen atoms in total. The van der Waals surface area contributed by atoms with Crippen molar-refractivity contribution < 1.29 is 14.6 Å². The monoisotopic (exact) mass is 352 g/mol. The predicted octanol–water partition coefficient (Wildman–Crippen LogP) is 6.57. The molecule has 3 unspecified atom stereocenters. The second-order valence-electron chi connectivity index (χ2n) is 8.22. The summed E-state index contributed by atoms with van der Waals surface area (Å²) in [5.74, 6) is 0.533. The zero-order valence-corrected chi connectivity index (χ0v) is 16.8. The van der Waals surface area contributed by atoms with Gasteiger partial charge in [-0.15, -0.1) is 0 Å². The molecule has 146 valence electrons. The van der Waals surface area contributed by atoms with Crippen LogP contribution in [0.25, 0.3) is 0 Å². The minimum atomic E-state index is -0.688. The lowest BCUT2D eigenvalue weighted by Crippen LogP contribution is -2.30. The van der Waals surface area contributed by atoms with Crippen LogP contribution < -0.4 is 0 Å². The maximum absolute atomic E-state index is 11.5. The number of allylic oxidation sites excluding steroid dienone is 1. The van der Waals surface area contributed by atoms with Gasteiger partial charge in [-0.25, -0.2) is 0 Å². The van der Waals surface area contributed by atoms with E-state index in [-0.39, 0.29) is 17.9 Å². The van der Waals surface area contributed by atoms with Gasteiger partial charge in [-0.1, -0.05) is 72.3 Å². The van der Waals surface area contributed by atoms with Crippen LogP contribution in [0.3, 0.4) is 0 Å². The predicted molar refractivity (Wildman–Crippen MR) is 105 cm³/mol. The normalized spacial score (nSPS) is 21.9. The first-order chi connectivity index (χ1) is 12.0. The van der Waals surface area contributed by atoms with Crippen LogP contribution in [0.1, 0.15) is 97.8 Å². The summed E-state index contributed by atoms with van der Waals surface area (Å²) in [6, 6.07) is 0. The van der Waals surface area contributed by atoms with Gasteiger partial charge >= 0.3 is 5.97 Å². The Hall–Kier alpha value is -0.990. The van der Waals surface area contributed by atoms with Crippen LogP contribution in [0.2, 0.25) is 0 Å². The van der Waals surface area contributed by atoms with Crippen molar-refractivity contribution in [2.45, 2.75) is 104 Å². The Morgan fingerprint density at radius 1 is 1.04 bits per heavy atom. The Morgan fingerprint density at radius 2 is 1.64 bits per heavy atom. The molecule has 0 saturated heterocycles. The first kappa shape index (κ1) is 22.1. The Labute approximate surface area is 155 Å². The Morgan fingerprint density at radius 3 is 2.20 bits per heavy atom. The zero-order chi connectivity index (χ0) is 18.7. The lowest BCUT2D eigenvalue weighted by molar-refractivity contribution is -0.145. The Bertz CT molecular complexity index is 389. The van der Waals surface area contributed by atoms with Gasteiger partial charge in [-0.05, 0) is 38.0 Å². The molecule has 0 aromatic heterocycles. The molecule has 1 saturated carbocycles. The second kappa shape index (κ2) is 12.4. The molecule has 0 amide bonds. The molecule has 0 heterocycles. The van der Waals surface area contributed by atoms with Gasteiger partial charge < -0.3 is 9.84 Å². The fourth-order valence-corrected chi connectivity index (χ4v) is 3.98. The van der Waals surface area contributed by atoms with Crippen molar-refractivity contribution in [1.29, 1.82) is 0 Å². The van der Waals surface area contributed by atoms with E-state index < -0.39 is 5.97 Å². The van der Waals surface area contributed by atoms with Gasteiger partial charge in [0.05, 0.1) is 17.8 Å². The highest BCUT2D eigenvalue weighted by molar-refractivity contribution is 5.70. The number of hydrogen-bond donors (Lipinski definition) is 1. The third-order valence-electron chi connectivity index (χ3n) is 5.48. The fourth-order valence-electron chi connectivity index (χ4n) is 3.98. The lowest BCUT2D eigenvalue weighted by atomic mass is 9.78. The number of ether oxygens (including phenoxy) is 1. The number of carbonyl (C=O) groups is 1. The fraction of sp³-hybridized carbons (Fsp3) is 0.864. The summed E-state index contributed by atoms with van der Waals surface area (Å²) in [6.07, 6.45) is 13.6. The van der Waals surface area contributed by atoms with Crippen LogP contribution in [0.4, 0.5) is 0 Å². The molecule has 0 aromatic rings. The molecule has 1 aliphatic carbocycles. The number of carboxylic acids is 1. The number of hydrogen-bond acceptors (Lipinski definition) is 2. The number of rotatable bonds is 13. The summed E-state index contributed by atoms with van der Waals surface area (Å²) >= 11 is 0. The largest absolute Gasteiger partial charge is 0.495 e. The summed E-state index contributed by atoms with van der Waals surface area (Å²) in [7, 11) is 0. The van der Waals surface area contributed by atoms with E-state index in [0.717, 1.165) is 56.6 Å². The van der Waals surface area contributed by atoms with Crippen molar-refractivity contribution in [3.63, 3.8) is 0 Å². The van der Waals surface area contributed by atoms with Gasteiger partial charge in [0.15, 0.2) is 0 Å². The third-order valence-corrected chi connectivity index (χ3v) is 5.48. The van der Waals surface area contributed by atoms with Crippen molar-refractivity contribution in [1.82, 2.24) is 0 Å². The molecule has 3 heteroatoms. The number of aliphatic carboxylic acids is 1. The quantitative estimate of drug-likeness (QED) is 0.301. The molecule has 0 spiro atoms. The van der Waals surface area contributed by atoms with Gasteiger partial charge in [0.1, 0.15) is 0 Å². The molecule has 1 fully saturated rings. The van der Waals surface area contributed by atoms with E-state index in [2.05, 4.69) is 27.4 Å². The molecular formula is C22H40O3. The van der Waals surface area contributed by atoms with E-state index in [1.165, 1.54) is 32.1 Å². The number of unbranched alkanes of at least 4 members (excludes halogenated alkanes) is 3. The molecule has 0 bridgehead atoms. The maximum atomic E-state index is 11.5. The van der Waals surface area contributed by atoms with E-state index in [0.29, 0.717) is 0 Å². The van der Waals surface area contributed by atoms with Crippen molar-refractivity contribution in [3.05, 3.63) is 12.3 Å². The van der Waals surface area contributed by atoms with Crippen LogP contribution in [0.15, 0.2) is 12.3 Å². The minimum Gasteiger partial charge on any atom is -0.495 e. The minimum absolute atomic E-state index is 0.00310. The molecular weight excluding hydrogens is 312 g/mol. The standard InChI is InChI=1S/C22H40O3/c1-5-12-19(14-9-7-6-8-13-17(2)3)25-18(4)20-15-10-11-16-21(20)22(23)24/h17,19-21H,4-16H2,1-3H3,(H,23,24). The third kappa shape index (κ3) is 8.78. The maximum Gasteiger partial charge on any atom is 0.307 e. The van der Waals surface area contributed by atoms with Crippen molar-refractivity contribution in [2.24, 2.45) is 17.8 Å². The van der Waals surface area contributed by atoms with Crippen molar-refractivity contribution >= 4 is 5.97 Å². The Kier molecular flexibility index (Phi) is 10.9. The van der Waals surface area contributed by atoms with Crippen LogP contribution in [0.5, 0.6) is 0 Å². The molecule has 0 aliphatic heterocycles.